The average Bonchev–Trinajstić information content (AvgIpc) is 2.44. The molecule has 0 amide bonds. The Bertz CT molecular complexity index is 702. The standard InChI is InChI=1S/C15H14Br2N2O2/c1-8-5-10(7-11(14(8)18)15(20)21-2)19-13-4-3-9(16)6-12(13)17/h3-7,19H,18H2,1-2H3. The molecule has 0 aliphatic carbocycles. The van der Waals surface area contributed by atoms with Gasteiger partial charge >= 0.3 is 5.97 Å². The van der Waals surface area contributed by atoms with Gasteiger partial charge in [0.2, 0.25) is 0 Å². The number of methoxy groups -OCH3 is 1. The molecule has 0 radical (unpaired) electrons. The minimum atomic E-state index is -0.450. The van der Waals surface area contributed by atoms with E-state index in [1.54, 1.807) is 6.07 Å². The van der Waals surface area contributed by atoms with Gasteiger partial charge < -0.3 is 15.8 Å². The summed E-state index contributed by atoms with van der Waals surface area (Å²) in [5.74, 6) is -0.450. The van der Waals surface area contributed by atoms with Gasteiger partial charge in [0, 0.05) is 20.3 Å². The van der Waals surface area contributed by atoms with E-state index in [9.17, 15) is 4.79 Å². The minimum Gasteiger partial charge on any atom is -0.465 e. The number of hydrogen-bond donors (Lipinski definition) is 2. The lowest BCUT2D eigenvalue weighted by atomic mass is 10.1. The van der Waals surface area contributed by atoms with Crippen molar-refractivity contribution >= 4 is 54.9 Å². The van der Waals surface area contributed by atoms with Crippen molar-refractivity contribution in [3.05, 3.63) is 50.4 Å². The fourth-order valence-electron chi connectivity index (χ4n) is 1.90. The van der Waals surface area contributed by atoms with Crippen molar-refractivity contribution in [3.63, 3.8) is 0 Å². The summed E-state index contributed by atoms with van der Waals surface area (Å²) in [6.07, 6.45) is 0. The van der Waals surface area contributed by atoms with Gasteiger partial charge in [-0.25, -0.2) is 4.79 Å². The summed E-state index contributed by atoms with van der Waals surface area (Å²) in [5.41, 5.74) is 9.18. The van der Waals surface area contributed by atoms with Crippen molar-refractivity contribution in [2.45, 2.75) is 6.92 Å². The van der Waals surface area contributed by atoms with Gasteiger partial charge in [0.05, 0.1) is 18.4 Å². The van der Waals surface area contributed by atoms with Crippen LogP contribution >= 0.6 is 31.9 Å². The first kappa shape index (κ1) is 15.9. The number of rotatable bonds is 3. The Kier molecular flexibility index (Phi) is 4.90. The van der Waals surface area contributed by atoms with E-state index < -0.39 is 5.97 Å². The molecule has 110 valence electrons. The van der Waals surface area contributed by atoms with Crippen molar-refractivity contribution in [2.24, 2.45) is 0 Å². The number of carbonyl (C=O) groups excluding carboxylic acids is 1. The fourth-order valence-corrected chi connectivity index (χ4v) is 3.04. The molecule has 2 aromatic carbocycles. The molecule has 2 aromatic rings. The average molecular weight is 414 g/mol. The fraction of sp³-hybridized carbons (Fsp3) is 0.133. The highest BCUT2D eigenvalue weighted by Crippen LogP contribution is 2.31. The Balaban J connectivity index is 2.40. The molecule has 6 heteroatoms. The van der Waals surface area contributed by atoms with Gasteiger partial charge in [-0.3, -0.25) is 0 Å². The van der Waals surface area contributed by atoms with Crippen LogP contribution in [0.2, 0.25) is 0 Å². The lowest BCUT2D eigenvalue weighted by Gasteiger charge is -2.13. The molecule has 4 nitrogen and oxygen atoms in total. The van der Waals surface area contributed by atoms with Gasteiger partial charge in [-0.05, 0) is 58.7 Å². The Labute approximate surface area is 139 Å². The van der Waals surface area contributed by atoms with Gasteiger partial charge in [0.15, 0.2) is 0 Å². The van der Waals surface area contributed by atoms with Crippen molar-refractivity contribution in [3.8, 4) is 0 Å². The van der Waals surface area contributed by atoms with Crippen LogP contribution in [-0.4, -0.2) is 13.1 Å². The third-order valence-electron chi connectivity index (χ3n) is 3.00. The zero-order valence-corrected chi connectivity index (χ0v) is 14.7. The number of esters is 1. The van der Waals surface area contributed by atoms with E-state index in [0.29, 0.717) is 11.3 Å². The normalized spacial score (nSPS) is 10.3. The number of nitrogen functional groups attached to an aromatic ring is 1. The lowest BCUT2D eigenvalue weighted by Crippen LogP contribution is -2.08. The van der Waals surface area contributed by atoms with Crippen molar-refractivity contribution < 1.29 is 9.53 Å². The first-order chi connectivity index (χ1) is 9.92. The molecule has 0 aromatic heterocycles. The summed E-state index contributed by atoms with van der Waals surface area (Å²) in [6.45, 7) is 1.85. The number of hydrogen-bond acceptors (Lipinski definition) is 4. The summed E-state index contributed by atoms with van der Waals surface area (Å²) in [6, 6.07) is 9.36. The largest absolute Gasteiger partial charge is 0.465 e. The Morgan fingerprint density at radius 3 is 2.57 bits per heavy atom. The third-order valence-corrected chi connectivity index (χ3v) is 4.15. The Hall–Kier alpha value is -1.53. The predicted molar refractivity (Wildman–Crippen MR) is 92.1 cm³/mol. The van der Waals surface area contributed by atoms with Gasteiger partial charge in [-0.2, -0.15) is 0 Å². The van der Waals surface area contributed by atoms with E-state index in [-0.39, 0.29) is 0 Å². The number of anilines is 3. The molecule has 21 heavy (non-hydrogen) atoms. The molecule has 0 heterocycles. The summed E-state index contributed by atoms with van der Waals surface area (Å²) in [7, 11) is 1.34. The highest BCUT2D eigenvalue weighted by Gasteiger charge is 2.14. The number of aryl methyl sites for hydroxylation is 1. The number of halogens is 2. The second-order valence-electron chi connectivity index (χ2n) is 4.50. The van der Waals surface area contributed by atoms with Crippen molar-refractivity contribution in [1.82, 2.24) is 0 Å². The summed E-state index contributed by atoms with van der Waals surface area (Å²) >= 11 is 6.90. The maximum absolute atomic E-state index is 11.8. The molecule has 0 bridgehead atoms. The zero-order valence-electron chi connectivity index (χ0n) is 11.5. The molecule has 0 saturated carbocycles. The van der Waals surface area contributed by atoms with E-state index in [1.165, 1.54) is 7.11 Å². The van der Waals surface area contributed by atoms with E-state index in [1.807, 2.05) is 31.2 Å². The Morgan fingerprint density at radius 2 is 1.95 bits per heavy atom. The van der Waals surface area contributed by atoms with Crippen LogP contribution in [-0.2, 0) is 4.74 Å². The zero-order chi connectivity index (χ0) is 15.6. The van der Waals surface area contributed by atoms with Gasteiger partial charge in [0.25, 0.3) is 0 Å². The quantitative estimate of drug-likeness (QED) is 0.568. The second-order valence-corrected chi connectivity index (χ2v) is 6.27. The highest BCUT2D eigenvalue weighted by molar-refractivity contribution is 9.11. The SMILES string of the molecule is COC(=O)c1cc(Nc2ccc(Br)cc2Br)cc(C)c1N. The number of nitrogens with one attached hydrogen (secondary N) is 1. The molecule has 3 N–H and O–H groups in total. The van der Waals surface area contributed by atoms with Gasteiger partial charge in [-0.15, -0.1) is 0 Å². The topological polar surface area (TPSA) is 64.3 Å². The minimum absolute atomic E-state index is 0.355. The molecule has 0 fully saturated rings. The molecule has 0 aliphatic rings. The molecule has 2 rings (SSSR count). The number of ether oxygens (including phenoxy) is 1. The molecule has 0 unspecified atom stereocenters. The molecule has 0 saturated heterocycles. The van der Waals surface area contributed by atoms with Crippen LogP contribution in [0.1, 0.15) is 15.9 Å². The van der Waals surface area contributed by atoms with E-state index in [2.05, 4.69) is 37.2 Å². The molecular weight excluding hydrogens is 400 g/mol. The third kappa shape index (κ3) is 3.57. The molecular formula is C15H14Br2N2O2. The summed E-state index contributed by atoms with van der Waals surface area (Å²) < 4.78 is 6.64. The van der Waals surface area contributed by atoms with E-state index in [0.717, 1.165) is 25.9 Å². The highest BCUT2D eigenvalue weighted by atomic mass is 79.9. The van der Waals surface area contributed by atoms with Crippen LogP contribution in [0.25, 0.3) is 0 Å². The van der Waals surface area contributed by atoms with Crippen LogP contribution in [0.4, 0.5) is 17.1 Å². The predicted octanol–water partition coefficient (Wildman–Crippen LogP) is 4.63. The van der Waals surface area contributed by atoms with Gasteiger partial charge in [-0.1, -0.05) is 15.9 Å². The molecule has 0 spiro atoms. The molecule has 0 aliphatic heterocycles. The van der Waals surface area contributed by atoms with Gasteiger partial charge in [0.1, 0.15) is 0 Å². The van der Waals surface area contributed by atoms with Crippen molar-refractivity contribution in [2.75, 3.05) is 18.2 Å². The first-order valence-electron chi connectivity index (χ1n) is 6.13. The number of benzene rings is 2. The van der Waals surface area contributed by atoms with Crippen molar-refractivity contribution in [1.29, 1.82) is 0 Å². The number of nitrogens with two attached hydrogens (primary N) is 1. The lowest BCUT2D eigenvalue weighted by molar-refractivity contribution is 0.0602. The monoisotopic (exact) mass is 412 g/mol. The van der Waals surface area contributed by atoms with Crippen LogP contribution in [0.15, 0.2) is 39.3 Å². The van der Waals surface area contributed by atoms with Crippen LogP contribution < -0.4 is 11.1 Å². The van der Waals surface area contributed by atoms with Crippen LogP contribution in [0.5, 0.6) is 0 Å². The van der Waals surface area contributed by atoms with E-state index in [4.69, 9.17) is 10.5 Å². The van der Waals surface area contributed by atoms with Crippen LogP contribution in [0.3, 0.4) is 0 Å². The van der Waals surface area contributed by atoms with E-state index >= 15 is 0 Å². The smallest absolute Gasteiger partial charge is 0.340 e. The first-order valence-corrected chi connectivity index (χ1v) is 7.71. The second kappa shape index (κ2) is 6.49. The Morgan fingerprint density at radius 1 is 1.24 bits per heavy atom. The molecule has 0 atom stereocenters. The maximum atomic E-state index is 11.8. The van der Waals surface area contributed by atoms with Crippen LogP contribution in [0, 0.1) is 6.92 Å². The summed E-state index contributed by atoms with van der Waals surface area (Å²) in [5, 5.41) is 3.26. The summed E-state index contributed by atoms with van der Waals surface area (Å²) in [4.78, 5) is 11.8. The number of carbonyl (C=O) groups is 1. The maximum Gasteiger partial charge on any atom is 0.340 e.